The summed E-state index contributed by atoms with van der Waals surface area (Å²) in [5.41, 5.74) is 2.08. The summed E-state index contributed by atoms with van der Waals surface area (Å²) in [6, 6.07) is 5.43. The Hall–Kier alpha value is -1.73. The first-order valence-corrected chi connectivity index (χ1v) is 9.15. The maximum absolute atomic E-state index is 12.6. The van der Waals surface area contributed by atoms with Gasteiger partial charge in [-0.1, -0.05) is 27.7 Å². The molecule has 1 aromatic carbocycles. The summed E-state index contributed by atoms with van der Waals surface area (Å²) in [6.45, 7) is 3.96. The van der Waals surface area contributed by atoms with Crippen LogP contribution in [0.4, 0.5) is 0 Å². The second-order valence-electron chi connectivity index (χ2n) is 5.21. The molecule has 0 radical (unpaired) electrons. The molecule has 0 aromatic heterocycles. The lowest BCUT2D eigenvalue weighted by Crippen LogP contribution is -2.34. The Labute approximate surface area is 153 Å². The van der Waals surface area contributed by atoms with Gasteiger partial charge in [-0.25, -0.2) is 9.79 Å². The zero-order valence-corrected chi connectivity index (χ0v) is 16.0. The number of ether oxygens (including phenoxy) is 2. The lowest BCUT2D eigenvalue weighted by atomic mass is 9.94. The van der Waals surface area contributed by atoms with E-state index in [0.717, 1.165) is 15.2 Å². The topological polar surface area (TPSA) is 51.1 Å². The number of rotatable bonds is 4. The Morgan fingerprint density at radius 1 is 1.46 bits per heavy atom. The van der Waals surface area contributed by atoms with Crippen molar-refractivity contribution in [2.45, 2.75) is 19.9 Å². The van der Waals surface area contributed by atoms with Crippen molar-refractivity contribution < 1.29 is 14.3 Å². The molecule has 5 nitrogen and oxygen atoms in total. The maximum atomic E-state index is 12.6. The van der Waals surface area contributed by atoms with Gasteiger partial charge in [0, 0.05) is 16.2 Å². The Kier molecular flexibility index (Phi) is 5.01. The number of benzene rings is 1. The van der Waals surface area contributed by atoms with Gasteiger partial charge in [0.15, 0.2) is 5.17 Å². The van der Waals surface area contributed by atoms with Gasteiger partial charge < -0.3 is 14.4 Å². The van der Waals surface area contributed by atoms with E-state index in [1.54, 1.807) is 14.0 Å². The average molecular weight is 409 g/mol. The van der Waals surface area contributed by atoms with Crippen LogP contribution in [0.25, 0.3) is 0 Å². The maximum Gasteiger partial charge on any atom is 0.338 e. The molecule has 0 spiro atoms. The molecule has 0 unspecified atom stereocenters. The Bertz CT molecular complexity index is 773. The number of allylic oxidation sites excluding steroid dienone is 1. The van der Waals surface area contributed by atoms with Gasteiger partial charge >= 0.3 is 5.97 Å². The monoisotopic (exact) mass is 408 g/mol. The van der Waals surface area contributed by atoms with Crippen molar-refractivity contribution in [1.29, 1.82) is 0 Å². The number of carbonyl (C=O) groups is 1. The third-order valence-corrected chi connectivity index (χ3v) is 5.07. The highest BCUT2D eigenvalue weighted by atomic mass is 79.9. The fourth-order valence-corrected chi connectivity index (χ4v) is 3.97. The van der Waals surface area contributed by atoms with Crippen molar-refractivity contribution in [2.75, 3.05) is 13.7 Å². The Morgan fingerprint density at radius 3 is 2.96 bits per heavy atom. The first-order chi connectivity index (χ1) is 11.6. The van der Waals surface area contributed by atoms with E-state index >= 15 is 0 Å². The number of hydrogen-bond acceptors (Lipinski definition) is 6. The molecular formula is C17H17BrN2O3S. The first kappa shape index (κ1) is 17.1. The summed E-state index contributed by atoms with van der Waals surface area (Å²) in [6.07, 6.45) is 1.93. The van der Waals surface area contributed by atoms with Crippen molar-refractivity contribution >= 4 is 38.8 Å². The minimum atomic E-state index is -0.352. The molecule has 0 amide bonds. The van der Waals surface area contributed by atoms with Crippen LogP contribution in [0.3, 0.4) is 0 Å². The number of carbonyl (C=O) groups excluding carboxylic acids is 1. The molecule has 2 heterocycles. The van der Waals surface area contributed by atoms with E-state index in [0.29, 0.717) is 23.6 Å². The smallest absolute Gasteiger partial charge is 0.338 e. The van der Waals surface area contributed by atoms with Crippen LogP contribution in [0.1, 0.15) is 25.5 Å². The fraction of sp³-hybridized carbons (Fsp3) is 0.294. The first-order valence-electron chi connectivity index (χ1n) is 7.48. The molecule has 0 bridgehead atoms. The van der Waals surface area contributed by atoms with Crippen LogP contribution in [0.5, 0.6) is 5.75 Å². The molecule has 1 atom stereocenters. The number of halogens is 1. The molecular weight excluding hydrogens is 392 g/mol. The zero-order valence-electron chi connectivity index (χ0n) is 13.6. The van der Waals surface area contributed by atoms with Crippen molar-refractivity contribution in [3.05, 3.63) is 51.1 Å². The van der Waals surface area contributed by atoms with Gasteiger partial charge in [0.25, 0.3) is 0 Å². The normalized spacial score (nSPS) is 19.2. The zero-order chi connectivity index (χ0) is 17.3. The van der Waals surface area contributed by atoms with Gasteiger partial charge in [-0.3, -0.25) is 0 Å². The third-order valence-electron chi connectivity index (χ3n) is 3.80. The van der Waals surface area contributed by atoms with Crippen molar-refractivity contribution in [2.24, 2.45) is 4.99 Å². The Morgan fingerprint density at radius 2 is 2.25 bits per heavy atom. The van der Waals surface area contributed by atoms with Crippen LogP contribution >= 0.6 is 27.7 Å². The SMILES string of the molecule is CCOC(=O)C1=C(C)N=C2SC=CN2[C@H]1c1cc(Br)ccc1OC. The van der Waals surface area contributed by atoms with Crippen LogP contribution in [0.2, 0.25) is 0 Å². The van der Waals surface area contributed by atoms with Crippen LogP contribution in [0.15, 0.2) is 50.5 Å². The van der Waals surface area contributed by atoms with Crippen molar-refractivity contribution in [1.82, 2.24) is 4.90 Å². The van der Waals surface area contributed by atoms with E-state index in [1.807, 2.05) is 41.6 Å². The molecule has 0 saturated heterocycles. The largest absolute Gasteiger partial charge is 0.496 e. The molecule has 0 N–H and O–H groups in total. The van der Waals surface area contributed by atoms with Gasteiger partial charge in [-0.2, -0.15) is 0 Å². The molecule has 2 aliphatic rings. The minimum absolute atomic E-state index is 0.319. The van der Waals surface area contributed by atoms with Crippen LogP contribution in [-0.4, -0.2) is 29.8 Å². The van der Waals surface area contributed by atoms with Gasteiger partial charge in [-0.15, -0.1) is 0 Å². The molecule has 1 aromatic rings. The second kappa shape index (κ2) is 7.03. The predicted octanol–water partition coefficient (Wildman–Crippen LogP) is 4.23. The molecule has 24 heavy (non-hydrogen) atoms. The lowest BCUT2D eigenvalue weighted by molar-refractivity contribution is -0.139. The van der Waals surface area contributed by atoms with E-state index in [2.05, 4.69) is 20.9 Å². The van der Waals surface area contributed by atoms with Crippen LogP contribution in [-0.2, 0) is 9.53 Å². The summed E-state index contributed by atoms with van der Waals surface area (Å²) < 4.78 is 11.7. The molecule has 126 valence electrons. The molecule has 0 fully saturated rings. The van der Waals surface area contributed by atoms with Crippen molar-refractivity contribution in [3.8, 4) is 5.75 Å². The van der Waals surface area contributed by atoms with E-state index in [1.165, 1.54) is 11.8 Å². The van der Waals surface area contributed by atoms with Gasteiger partial charge in [0.2, 0.25) is 0 Å². The lowest BCUT2D eigenvalue weighted by Gasteiger charge is -2.34. The highest BCUT2D eigenvalue weighted by Crippen LogP contribution is 2.44. The molecule has 3 rings (SSSR count). The van der Waals surface area contributed by atoms with E-state index < -0.39 is 0 Å². The number of fused-ring (bicyclic) bond motifs is 1. The quantitative estimate of drug-likeness (QED) is 0.697. The van der Waals surface area contributed by atoms with Gasteiger partial charge in [0.1, 0.15) is 5.75 Å². The number of methoxy groups -OCH3 is 1. The molecule has 2 aliphatic heterocycles. The van der Waals surface area contributed by atoms with E-state index in [9.17, 15) is 4.79 Å². The highest BCUT2D eigenvalue weighted by Gasteiger charge is 2.38. The van der Waals surface area contributed by atoms with Gasteiger partial charge in [0.05, 0.1) is 31.0 Å². The Balaban J connectivity index is 2.18. The number of nitrogens with zero attached hydrogens (tertiary/aromatic N) is 2. The summed E-state index contributed by atoms with van der Waals surface area (Å²) in [5.74, 6) is 0.361. The predicted molar refractivity (Wildman–Crippen MR) is 98.8 cm³/mol. The van der Waals surface area contributed by atoms with Gasteiger partial charge in [-0.05, 0) is 37.5 Å². The summed E-state index contributed by atoms with van der Waals surface area (Å²) in [5, 5.41) is 2.80. The van der Waals surface area contributed by atoms with E-state index in [4.69, 9.17) is 9.47 Å². The molecule has 7 heteroatoms. The summed E-state index contributed by atoms with van der Waals surface area (Å²) >= 11 is 5.04. The highest BCUT2D eigenvalue weighted by molar-refractivity contribution is 9.10. The number of aliphatic imine (C=N–C) groups is 1. The second-order valence-corrected chi connectivity index (χ2v) is 7.00. The minimum Gasteiger partial charge on any atom is -0.496 e. The number of amidine groups is 1. The van der Waals surface area contributed by atoms with Crippen LogP contribution in [0, 0.1) is 0 Å². The number of thioether (sulfide) groups is 1. The number of esters is 1. The van der Waals surface area contributed by atoms with Crippen LogP contribution < -0.4 is 4.74 Å². The average Bonchev–Trinajstić information content (AvgIpc) is 3.01. The fourth-order valence-electron chi connectivity index (χ4n) is 2.80. The third kappa shape index (κ3) is 2.98. The number of hydrogen-bond donors (Lipinski definition) is 0. The summed E-state index contributed by atoms with van der Waals surface area (Å²) in [7, 11) is 1.62. The van der Waals surface area contributed by atoms with E-state index in [-0.39, 0.29) is 12.0 Å². The standard InChI is InChI=1S/C17H17BrN2O3S/c1-4-23-16(21)14-10(2)19-17-20(7-8-24-17)15(14)12-9-11(18)5-6-13(12)22-3/h5-9,15H,4H2,1-3H3/t15-/m0/s1. The summed E-state index contributed by atoms with van der Waals surface area (Å²) in [4.78, 5) is 19.1. The van der Waals surface area contributed by atoms with Crippen molar-refractivity contribution in [3.63, 3.8) is 0 Å². The molecule has 0 saturated carbocycles. The molecule has 0 aliphatic carbocycles.